The molecule has 0 N–H and O–H groups in total. The van der Waals surface area contributed by atoms with E-state index in [1.165, 1.54) is 18.2 Å². The Bertz CT molecular complexity index is 405. The van der Waals surface area contributed by atoms with Crippen molar-refractivity contribution in [1.82, 2.24) is 0 Å². The van der Waals surface area contributed by atoms with Gasteiger partial charge in [-0.3, -0.25) is 4.79 Å². The summed E-state index contributed by atoms with van der Waals surface area (Å²) in [6.07, 6.45) is -3.96. The van der Waals surface area contributed by atoms with Crippen molar-refractivity contribution in [2.24, 2.45) is 0 Å². The monoisotopic (exact) mass is 214 g/mol. The zero-order chi connectivity index (χ0) is 11.6. The van der Waals surface area contributed by atoms with E-state index >= 15 is 0 Å². The van der Waals surface area contributed by atoms with Gasteiger partial charge in [0.2, 0.25) is 0 Å². The van der Waals surface area contributed by atoms with E-state index in [-0.39, 0.29) is 11.1 Å². The maximum Gasteiger partial charge on any atom is 0.416 e. The third-order valence-electron chi connectivity index (χ3n) is 2.07. The molecule has 15 heavy (non-hydrogen) atoms. The summed E-state index contributed by atoms with van der Waals surface area (Å²) in [6, 6.07) is 4.13. The Balaban J connectivity index is 3.24. The zero-order valence-electron chi connectivity index (χ0n) is 8.06. The van der Waals surface area contributed by atoms with Gasteiger partial charge in [0.05, 0.1) is 5.57 Å². The van der Waals surface area contributed by atoms with Gasteiger partial charge in [-0.2, -0.15) is 13.2 Å². The van der Waals surface area contributed by atoms with Crippen molar-refractivity contribution in [3.05, 3.63) is 41.5 Å². The highest BCUT2D eigenvalue weighted by Crippen LogP contribution is 2.33. The molecular weight excluding hydrogens is 205 g/mol. The van der Waals surface area contributed by atoms with Crippen LogP contribution in [-0.4, -0.2) is 12.5 Å². The number of carbonyl (C=O) groups is 1. The molecule has 0 spiro atoms. The number of rotatable bonds is 2. The molecule has 0 heterocycles. The van der Waals surface area contributed by atoms with Gasteiger partial charge in [-0.25, -0.2) is 0 Å². The molecule has 4 heteroatoms. The van der Waals surface area contributed by atoms with Crippen LogP contribution in [0.3, 0.4) is 0 Å². The van der Waals surface area contributed by atoms with Gasteiger partial charge in [0.15, 0.2) is 0 Å². The molecule has 0 fully saturated rings. The minimum absolute atomic E-state index is 0.0351. The number of aryl methyl sites for hydroxylation is 1. The van der Waals surface area contributed by atoms with E-state index in [0.29, 0.717) is 11.8 Å². The second-order valence-electron chi connectivity index (χ2n) is 3.17. The van der Waals surface area contributed by atoms with Crippen LogP contribution in [-0.2, 0) is 0 Å². The number of benzene rings is 1. The SMILES string of the molecule is C=C(c1cc(C=O)ccc1C)C(F)(F)F. The highest BCUT2D eigenvalue weighted by atomic mass is 19.4. The Morgan fingerprint density at radius 3 is 2.47 bits per heavy atom. The van der Waals surface area contributed by atoms with Crippen molar-refractivity contribution in [2.45, 2.75) is 13.1 Å². The van der Waals surface area contributed by atoms with Gasteiger partial charge < -0.3 is 0 Å². The summed E-state index contributed by atoms with van der Waals surface area (Å²) in [4.78, 5) is 10.4. The molecule has 0 radical (unpaired) electrons. The van der Waals surface area contributed by atoms with Gasteiger partial charge in [0.25, 0.3) is 0 Å². The number of allylic oxidation sites excluding steroid dienone is 1. The molecular formula is C11H9F3O. The van der Waals surface area contributed by atoms with E-state index in [2.05, 4.69) is 6.58 Å². The van der Waals surface area contributed by atoms with Crippen LogP contribution in [0.2, 0.25) is 0 Å². The molecule has 0 amide bonds. The van der Waals surface area contributed by atoms with E-state index in [1.807, 2.05) is 0 Å². The molecule has 1 aromatic rings. The molecule has 0 aliphatic heterocycles. The number of aldehydes is 1. The van der Waals surface area contributed by atoms with Crippen LogP contribution in [0.4, 0.5) is 13.2 Å². The number of halogens is 3. The molecule has 0 bridgehead atoms. The Morgan fingerprint density at radius 2 is 2.00 bits per heavy atom. The largest absolute Gasteiger partial charge is 0.416 e. The average molecular weight is 214 g/mol. The van der Waals surface area contributed by atoms with Crippen LogP contribution in [0.25, 0.3) is 5.57 Å². The first-order valence-corrected chi connectivity index (χ1v) is 4.18. The fourth-order valence-electron chi connectivity index (χ4n) is 1.19. The molecule has 0 saturated carbocycles. The fraction of sp³-hybridized carbons (Fsp3) is 0.182. The Kier molecular flexibility index (Phi) is 2.98. The van der Waals surface area contributed by atoms with Crippen molar-refractivity contribution in [3.8, 4) is 0 Å². The second kappa shape index (κ2) is 3.88. The van der Waals surface area contributed by atoms with Crippen molar-refractivity contribution < 1.29 is 18.0 Å². The smallest absolute Gasteiger partial charge is 0.298 e. The number of hydrogen-bond acceptors (Lipinski definition) is 1. The van der Waals surface area contributed by atoms with Gasteiger partial charge in [-0.1, -0.05) is 18.7 Å². The highest BCUT2D eigenvalue weighted by molar-refractivity contribution is 5.79. The van der Waals surface area contributed by atoms with Crippen molar-refractivity contribution in [3.63, 3.8) is 0 Å². The topological polar surface area (TPSA) is 17.1 Å². The lowest BCUT2D eigenvalue weighted by Crippen LogP contribution is -2.10. The molecule has 1 nitrogen and oxygen atoms in total. The maximum atomic E-state index is 12.4. The third kappa shape index (κ3) is 2.46. The van der Waals surface area contributed by atoms with Gasteiger partial charge in [0, 0.05) is 5.56 Å². The van der Waals surface area contributed by atoms with Crippen molar-refractivity contribution in [1.29, 1.82) is 0 Å². The number of hydrogen-bond donors (Lipinski definition) is 0. The normalized spacial score (nSPS) is 11.2. The molecule has 80 valence electrons. The van der Waals surface area contributed by atoms with E-state index < -0.39 is 11.7 Å². The predicted octanol–water partition coefficient (Wildman–Crippen LogP) is 3.38. The van der Waals surface area contributed by atoms with Gasteiger partial charge in [-0.05, 0) is 24.1 Å². The lowest BCUT2D eigenvalue weighted by Gasteiger charge is -2.12. The second-order valence-corrected chi connectivity index (χ2v) is 3.17. The zero-order valence-corrected chi connectivity index (χ0v) is 8.06. The standard InChI is InChI=1S/C11H9F3O/c1-7-3-4-9(6-15)5-10(7)8(2)11(12,13)14/h3-6H,2H2,1H3. The first kappa shape index (κ1) is 11.5. The fourth-order valence-corrected chi connectivity index (χ4v) is 1.19. The van der Waals surface area contributed by atoms with Gasteiger partial charge in [-0.15, -0.1) is 0 Å². The van der Waals surface area contributed by atoms with Gasteiger partial charge >= 0.3 is 6.18 Å². The summed E-state index contributed by atoms with van der Waals surface area (Å²) in [7, 11) is 0. The molecule has 0 aromatic heterocycles. The lowest BCUT2D eigenvalue weighted by molar-refractivity contribution is -0.0687. The first-order valence-electron chi connectivity index (χ1n) is 4.18. The van der Waals surface area contributed by atoms with Crippen LogP contribution in [0.1, 0.15) is 21.5 Å². The summed E-state index contributed by atoms with van der Waals surface area (Å²) in [5.41, 5.74) is -0.306. The minimum Gasteiger partial charge on any atom is -0.298 e. The molecule has 0 saturated heterocycles. The highest BCUT2D eigenvalue weighted by Gasteiger charge is 2.33. The number of carbonyl (C=O) groups excluding carboxylic acids is 1. The van der Waals surface area contributed by atoms with Gasteiger partial charge in [0.1, 0.15) is 6.29 Å². The predicted molar refractivity (Wildman–Crippen MR) is 51.7 cm³/mol. The summed E-state index contributed by atoms with van der Waals surface area (Å²) in [6.45, 7) is 4.53. The summed E-state index contributed by atoms with van der Waals surface area (Å²) in [5.74, 6) is 0. The molecule has 0 aliphatic rings. The summed E-state index contributed by atoms with van der Waals surface area (Å²) in [5, 5.41) is 0. The Morgan fingerprint density at radius 1 is 1.40 bits per heavy atom. The minimum atomic E-state index is -4.47. The number of alkyl halides is 3. The van der Waals surface area contributed by atoms with E-state index in [9.17, 15) is 18.0 Å². The molecule has 1 aromatic carbocycles. The molecule has 0 atom stereocenters. The Labute approximate surface area is 85.2 Å². The van der Waals surface area contributed by atoms with E-state index in [0.717, 1.165) is 0 Å². The molecule has 0 aliphatic carbocycles. The van der Waals surface area contributed by atoms with E-state index in [4.69, 9.17) is 0 Å². The third-order valence-corrected chi connectivity index (χ3v) is 2.07. The van der Waals surface area contributed by atoms with Crippen LogP contribution < -0.4 is 0 Å². The van der Waals surface area contributed by atoms with Crippen LogP contribution in [0, 0.1) is 6.92 Å². The quantitative estimate of drug-likeness (QED) is 0.689. The average Bonchev–Trinajstić information content (AvgIpc) is 2.16. The summed E-state index contributed by atoms with van der Waals surface area (Å²) >= 11 is 0. The summed E-state index contributed by atoms with van der Waals surface area (Å²) < 4.78 is 37.1. The molecule has 1 rings (SSSR count). The first-order chi connectivity index (χ1) is 6.86. The van der Waals surface area contributed by atoms with E-state index in [1.54, 1.807) is 6.92 Å². The van der Waals surface area contributed by atoms with Crippen molar-refractivity contribution in [2.75, 3.05) is 0 Å². The van der Waals surface area contributed by atoms with Crippen LogP contribution >= 0.6 is 0 Å². The Hall–Kier alpha value is -1.58. The lowest BCUT2D eigenvalue weighted by atomic mass is 9.99. The van der Waals surface area contributed by atoms with Crippen LogP contribution in [0.5, 0.6) is 0 Å². The van der Waals surface area contributed by atoms with Crippen molar-refractivity contribution >= 4 is 11.9 Å². The maximum absolute atomic E-state index is 12.4. The molecule has 0 unspecified atom stereocenters. The van der Waals surface area contributed by atoms with Crippen LogP contribution in [0.15, 0.2) is 24.8 Å².